The van der Waals surface area contributed by atoms with Crippen LogP contribution in [0.5, 0.6) is 0 Å². The molecule has 0 aliphatic carbocycles. The number of unbranched alkanes of at least 4 members (excludes halogenated alkanes) is 3. The van der Waals surface area contributed by atoms with Crippen LogP contribution in [0.2, 0.25) is 0 Å². The summed E-state index contributed by atoms with van der Waals surface area (Å²) in [5, 5.41) is 14.0. The lowest BCUT2D eigenvalue weighted by Crippen LogP contribution is -2.04. The monoisotopic (exact) mass is 1120 g/mol. The van der Waals surface area contributed by atoms with Gasteiger partial charge < -0.3 is 0 Å². The van der Waals surface area contributed by atoms with Gasteiger partial charge in [-0.2, -0.15) is 0 Å². The zero-order chi connectivity index (χ0) is 61.3. The molecule has 0 bridgehead atoms. The Morgan fingerprint density at radius 1 is 0.282 bits per heavy atom. The lowest BCUT2D eigenvalue weighted by atomic mass is 9.88. The Kier molecular flexibility index (Phi) is 24.0. The second-order valence-electron chi connectivity index (χ2n) is 25.3. The van der Waals surface area contributed by atoms with E-state index in [2.05, 4.69) is 288 Å². The molecule has 0 amide bonds. The second kappa shape index (κ2) is 31.2. The number of benzene rings is 11. The molecular weight excluding hydrogens is 1020 g/mol. The van der Waals surface area contributed by atoms with Gasteiger partial charge >= 0.3 is 0 Å². The van der Waals surface area contributed by atoms with E-state index in [4.69, 9.17) is 0 Å². The first kappa shape index (κ1) is 65.3. The van der Waals surface area contributed by atoms with Crippen LogP contribution in [0.1, 0.15) is 168 Å². The van der Waals surface area contributed by atoms with Crippen LogP contribution in [-0.2, 0) is 19.3 Å². The highest BCUT2D eigenvalue weighted by Gasteiger charge is 2.13. The fourth-order valence-corrected chi connectivity index (χ4v) is 12.8. The predicted octanol–water partition coefficient (Wildman–Crippen LogP) is 25.3. The molecule has 11 rings (SSSR count). The van der Waals surface area contributed by atoms with E-state index in [-0.39, 0.29) is 0 Å². The van der Waals surface area contributed by atoms with Crippen LogP contribution in [0.4, 0.5) is 0 Å². The van der Waals surface area contributed by atoms with Gasteiger partial charge in [0.05, 0.1) is 0 Å². The molecule has 0 fully saturated rings. The minimum Gasteiger partial charge on any atom is -0.0654 e. The summed E-state index contributed by atoms with van der Waals surface area (Å²) in [6.07, 6.45) is 14.1. The van der Waals surface area contributed by atoms with Crippen molar-refractivity contribution < 1.29 is 0 Å². The zero-order valence-electron chi connectivity index (χ0n) is 55.5. The Balaban J connectivity index is 0.000000154. The zero-order valence-corrected chi connectivity index (χ0v) is 55.5. The Bertz CT molecular complexity index is 3890. The molecule has 0 nitrogen and oxygen atoms in total. The summed E-state index contributed by atoms with van der Waals surface area (Å²) in [6, 6.07) is 63.0. The lowest BCUT2D eigenvalue weighted by Gasteiger charge is -2.17. The maximum atomic E-state index is 2.40. The normalized spacial score (nSPS) is 11.4. The molecule has 0 heterocycles. The molecule has 85 heavy (non-hydrogen) atoms. The van der Waals surface area contributed by atoms with Gasteiger partial charge in [0, 0.05) is 0 Å². The minimum atomic E-state index is 0.834. The molecule has 1 atom stereocenters. The fraction of sp³-hybridized carbons (Fsp3) is 0.341. The number of aryl methyl sites for hydroxylation is 15. The summed E-state index contributed by atoms with van der Waals surface area (Å²) in [5.74, 6) is 0.834. The van der Waals surface area contributed by atoms with Crippen molar-refractivity contribution in [1.29, 1.82) is 0 Å². The SMILES string of the molecule is CCCCC(CC)Cc1cc(C)cc2ccc(C)cc12.CCCCc1cc(C)cc2c(CCCC)cc(C)cc12.Cc1cc(C)c2cc(C)cc(C)c2c1.Cc1cc(C)c2cc(C)ccc2c1.Cc1ccc2c(-c3ccccc3)c(C)ccc2c1. The van der Waals surface area contributed by atoms with Gasteiger partial charge in [-0.15, -0.1) is 0 Å². The van der Waals surface area contributed by atoms with E-state index < -0.39 is 0 Å². The van der Waals surface area contributed by atoms with E-state index in [0.29, 0.717) is 0 Å². The molecule has 0 saturated heterocycles. The van der Waals surface area contributed by atoms with Crippen molar-refractivity contribution in [2.75, 3.05) is 0 Å². The van der Waals surface area contributed by atoms with Crippen molar-refractivity contribution in [3.8, 4) is 11.1 Å². The predicted molar refractivity (Wildman–Crippen MR) is 381 cm³/mol. The molecule has 0 saturated carbocycles. The lowest BCUT2D eigenvalue weighted by molar-refractivity contribution is 0.450. The number of fused-ring (bicyclic) bond motifs is 5. The van der Waals surface area contributed by atoms with Crippen molar-refractivity contribution in [2.45, 2.75) is 188 Å². The summed E-state index contributed by atoms with van der Waals surface area (Å²) >= 11 is 0. The van der Waals surface area contributed by atoms with Crippen molar-refractivity contribution in [1.82, 2.24) is 0 Å². The van der Waals surface area contributed by atoms with Gasteiger partial charge in [-0.05, 0) is 232 Å². The number of hydrogen-bond acceptors (Lipinski definition) is 0. The van der Waals surface area contributed by atoms with Crippen LogP contribution < -0.4 is 0 Å². The van der Waals surface area contributed by atoms with Crippen molar-refractivity contribution in [3.63, 3.8) is 0 Å². The standard InChI is InChI=1S/2C20H28.C18H16.C14H16.C13H14/c1-5-7-8-17(6-2)14-19-12-16(4)11-18-10-9-15(3)13-20(18)19;1-5-7-9-17-11-15(3)14-20-18(10-8-6-2)12-16(4)13-19(17)20;1-13-8-11-17-16(12-13)10-9-14(2)18(17)15-6-4-3-5-7-15;1-9-5-11(3)14-8-10(2)6-12(4)13(14)7-9;1-9-4-5-12-7-10(2)6-11(3)13(12)8-9/h9-13,17H,5-8,14H2,1-4H3;11-14H,5-10H2,1-4H3;3-12H,1-2H3;5-8H,1-4H3;4-8H,1-3H3. The molecule has 0 N–H and O–H groups in total. The Hall–Kier alpha value is -7.28. The molecule has 0 radical (unpaired) electrons. The van der Waals surface area contributed by atoms with Crippen LogP contribution in [0.15, 0.2) is 170 Å². The Labute approximate surface area is 515 Å². The summed E-state index contributed by atoms with van der Waals surface area (Å²) in [6.45, 7) is 37.5. The second-order valence-corrected chi connectivity index (χ2v) is 25.3. The molecule has 0 spiro atoms. The van der Waals surface area contributed by atoms with Crippen LogP contribution >= 0.6 is 0 Å². The third kappa shape index (κ3) is 17.9. The summed E-state index contributed by atoms with van der Waals surface area (Å²) < 4.78 is 0. The summed E-state index contributed by atoms with van der Waals surface area (Å²) in [4.78, 5) is 0. The molecule has 11 aromatic carbocycles. The fourth-order valence-electron chi connectivity index (χ4n) is 12.8. The first-order chi connectivity index (χ1) is 40.8. The maximum Gasteiger partial charge on any atom is -0.00761 e. The van der Waals surface area contributed by atoms with Gasteiger partial charge in [0.1, 0.15) is 0 Å². The average molecular weight is 1120 g/mol. The molecule has 0 aromatic heterocycles. The van der Waals surface area contributed by atoms with Gasteiger partial charge in [0.25, 0.3) is 0 Å². The molecule has 11 aromatic rings. The van der Waals surface area contributed by atoms with Gasteiger partial charge in [-0.25, -0.2) is 0 Å². The van der Waals surface area contributed by atoms with Crippen molar-refractivity contribution >= 4 is 53.9 Å². The van der Waals surface area contributed by atoms with E-state index in [0.717, 1.165) is 5.92 Å². The molecular formula is C85H102. The highest BCUT2D eigenvalue weighted by molar-refractivity contribution is 5.99. The van der Waals surface area contributed by atoms with Crippen molar-refractivity contribution in [2.24, 2.45) is 5.92 Å². The summed E-state index contributed by atoms with van der Waals surface area (Å²) in [7, 11) is 0. The smallest absolute Gasteiger partial charge is 0.00761 e. The van der Waals surface area contributed by atoms with E-state index >= 15 is 0 Å². The number of rotatable bonds is 13. The van der Waals surface area contributed by atoms with E-state index in [9.17, 15) is 0 Å². The van der Waals surface area contributed by atoms with Crippen LogP contribution in [0.3, 0.4) is 0 Å². The largest absolute Gasteiger partial charge is 0.0654 e. The minimum absolute atomic E-state index is 0.834. The van der Waals surface area contributed by atoms with Crippen LogP contribution in [0.25, 0.3) is 65.0 Å². The third-order valence-corrected chi connectivity index (χ3v) is 17.2. The maximum absolute atomic E-state index is 2.40. The quantitative estimate of drug-likeness (QED) is 0.108. The Morgan fingerprint density at radius 3 is 1.20 bits per heavy atom. The molecule has 0 aliphatic heterocycles. The van der Waals surface area contributed by atoms with Gasteiger partial charge in [0.15, 0.2) is 0 Å². The molecule has 0 heteroatoms. The first-order valence-electron chi connectivity index (χ1n) is 32.3. The third-order valence-electron chi connectivity index (χ3n) is 17.2. The highest BCUT2D eigenvalue weighted by atomic mass is 14.2. The topological polar surface area (TPSA) is 0 Å². The van der Waals surface area contributed by atoms with E-state index in [1.165, 1.54) is 208 Å². The first-order valence-corrected chi connectivity index (χ1v) is 32.3. The highest BCUT2D eigenvalue weighted by Crippen LogP contribution is 2.34. The van der Waals surface area contributed by atoms with Crippen LogP contribution in [-0.4, -0.2) is 0 Å². The molecule has 1 unspecified atom stereocenters. The molecule has 0 aliphatic rings. The van der Waals surface area contributed by atoms with Gasteiger partial charge in [-0.3, -0.25) is 0 Å². The van der Waals surface area contributed by atoms with Crippen LogP contribution in [0, 0.1) is 95.9 Å². The van der Waals surface area contributed by atoms with Crippen molar-refractivity contribution in [3.05, 3.63) is 259 Å². The van der Waals surface area contributed by atoms with Gasteiger partial charge in [0.2, 0.25) is 0 Å². The average Bonchev–Trinajstić information content (AvgIpc) is 3.10. The Morgan fingerprint density at radius 2 is 0.671 bits per heavy atom. The van der Waals surface area contributed by atoms with Gasteiger partial charge in [-0.1, -0.05) is 286 Å². The number of hydrogen-bond donors (Lipinski definition) is 0. The van der Waals surface area contributed by atoms with E-state index in [1.807, 2.05) is 0 Å². The molecule has 442 valence electrons. The van der Waals surface area contributed by atoms with E-state index in [1.54, 1.807) is 16.7 Å². The summed E-state index contributed by atoms with van der Waals surface area (Å²) in [5.41, 5.74) is 25.0.